The van der Waals surface area contributed by atoms with Gasteiger partial charge in [0.2, 0.25) is 0 Å². The number of fused-ring (bicyclic) bond motifs is 3. The first-order valence-corrected chi connectivity index (χ1v) is 5.53. The summed E-state index contributed by atoms with van der Waals surface area (Å²) >= 11 is 0. The molecule has 0 amide bonds. The van der Waals surface area contributed by atoms with Gasteiger partial charge in [-0.2, -0.15) is 0 Å². The fourth-order valence-corrected chi connectivity index (χ4v) is 2.11. The van der Waals surface area contributed by atoms with Gasteiger partial charge in [-0.15, -0.1) is 0 Å². The Morgan fingerprint density at radius 3 is 3.00 bits per heavy atom. The van der Waals surface area contributed by atoms with Crippen molar-refractivity contribution >= 4 is 22.6 Å². The van der Waals surface area contributed by atoms with Gasteiger partial charge in [0.15, 0.2) is 5.69 Å². The minimum absolute atomic E-state index is 0.329. The quantitative estimate of drug-likeness (QED) is 0.611. The van der Waals surface area contributed by atoms with Crippen LogP contribution in [0.5, 0.6) is 0 Å². The molecule has 0 aliphatic heterocycles. The number of hydrogen-bond donors (Lipinski definition) is 0. The molecule has 0 bridgehead atoms. The second kappa shape index (κ2) is 3.80. The first kappa shape index (κ1) is 10.7. The van der Waals surface area contributed by atoms with Gasteiger partial charge in [0.25, 0.3) is 0 Å². The Bertz CT molecular complexity index is 761. The highest BCUT2D eigenvalue weighted by Gasteiger charge is 2.16. The standard InChI is InChI=1S/C13H11N3O2/c1-8-11(13(17)18-2)14-7-9-12(8)16-6-4-3-5-10(16)15-9/h3-7H,1-2H3. The molecular weight excluding hydrogens is 230 g/mol. The first-order valence-electron chi connectivity index (χ1n) is 5.53. The molecule has 0 fully saturated rings. The third-order valence-corrected chi connectivity index (χ3v) is 2.96. The Hall–Kier alpha value is -2.43. The van der Waals surface area contributed by atoms with Crippen LogP contribution in [0.1, 0.15) is 16.1 Å². The van der Waals surface area contributed by atoms with Gasteiger partial charge < -0.3 is 4.74 Å². The Balaban J connectivity index is 2.43. The number of nitrogens with zero attached hydrogens (tertiary/aromatic N) is 3. The third-order valence-electron chi connectivity index (χ3n) is 2.96. The van der Waals surface area contributed by atoms with Crippen LogP contribution in [0.25, 0.3) is 16.7 Å². The van der Waals surface area contributed by atoms with Crippen molar-refractivity contribution in [2.75, 3.05) is 7.11 Å². The highest BCUT2D eigenvalue weighted by Crippen LogP contribution is 2.21. The van der Waals surface area contributed by atoms with Gasteiger partial charge >= 0.3 is 5.97 Å². The Labute approximate surface area is 103 Å². The lowest BCUT2D eigenvalue weighted by Gasteiger charge is -2.04. The minimum atomic E-state index is -0.430. The van der Waals surface area contributed by atoms with E-state index in [1.807, 2.05) is 35.7 Å². The molecule has 0 aromatic carbocycles. The van der Waals surface area contributed by atoms with E-state index in [0.29, 0.717) is 5.69 Å². The van der Waals surface area contributed by atoms with E-state index in [2.05, 4.69) is 9.97 Å². The molecule has 3 heterocycles. The fourth-order valence-electron chi connectivity index (χ4n) is 2.11. The zero-order chi connectivity index (χ0) is 12.7. The topological polar surface area (TPSA) is 56.5 Å². The van der Waals surface area contributed by atoms with Gasteiger partial charge in [0.1, 0.15) is 11.2 Å². The molecular formula is C13H11N3O2. The van der Waals surface area contributed by atoms with E-state index < -0.39 is 5.97 Å². The molecule has 0 saturated carbocycles. The lowest BCUT2D eigenvalue weighted by Crippen LogP contribution is -2.07. The molecule has 0 radical (unpaired) electrons. The number of carbonyl (C=O) groups is 1. The number of imidazole rings is 1. The Kier molecular flexibility index (Phi) is 2.26. The lowest BCUT2D eigenvalue weighted by atomic mass is 10.2. The van der Waals surface area contributed by atoms with Crippen molar-refractivity contribution in [1.29, 1.82) is 0 Å². The maximum absolute atomic E-state index is 11.6. The summed E-state index contributed by atoms with van der Waals surface area (Å²) in [5.74, 6) is -0.430. The molecule has 0 atom stereocenters. The van der Waals surface area contributed by atoms with Crippen molar-refractivity contribution in [2.24, 2.45) is 0 Å². The third kappa shape index (κ3) is 1.37. The summed E-state index contributed by atoms with van der Waals surface area (Å²) in [6.45, 7) is 1.85. The van der Waals surface area contributed by atoms with E-state index in [1.165, 1.54) is 7.11 Å². The monoisotopic (exact) mass is 241 g/mol. The van der Waals surface area contributed by atoms with Crippen molar-refractivity contribution in [2.45, 2.75) is 6.92 Å². The van der Waals surface area contributed by atoms with Crippen LogP contribution in [0.4, 0.5) is 0 Å². The van der Waals surface area contributed by atoms with Crippen LogP contribution in [0.15, 0.2) is 30.6 Å². The summed E-state index contributed by atoms with van der Waals surface area (Å²) in [4.78, 5) is 20.2. The van der Waals surface area contributed by atoms with E-state index in [0.717, 1.165) is 22.2 Å². The molecule has 3 aromatic rings. The highest BCUT2D eigenvalue weighted by atomic mass is 16.5. The van der Waals surface area contributed by atoms with Crippen molar-refractivity contribution in [3.63, 3.8) is 0 Å². The SMILES string of the molecule is COC(=O)c1ncc2nc3ccccn3c2c1C. The number of methoxy groups -OCH3 is 1. The van der Waals surface area contributed by atoms with Crippen molar-refractivity contribution in [3.8, 4) is 0 Å². The summed E-state index contributed by atoms with van der Waals surface area (Å²) in [6, 6.07) is 5.76. The van der Waals surface area contributed by atoms with Gasteiger partial charge in [-0.25, -0.2) is 14.8 Å². The Morgan fingerprint density at radius 1 is 1.39 bits per heavy atom. The van der Waals surface area contributed by atoms with Crippen molar-refractivity contribution in [1.82, 2.24) is 14.4 Å². The van der Waals surface area contributed by atoms with E-state index >= 15 is 0 Å². The molecule has 0 aliphatic carbocycles. The zero-order valence-corrected chi connectivity index (χ0v) is 10.0. The van der Waals surface area contributed by atoms with Crippen LogP contribution in [0.3, 0.4) is 0 Å². The molecule has 90 valence electrons. The lowest BCUT2D eigenvalue weighted by molar-refractivity contribution is 0.0593. The fraction of sp³-hybridized carbons (Fsp3) is 0.154. The molecule has 0 N–H and O–H groups in total. The largest absolute Gasteiger partial charge is 0.464 e. The van der Waals surface area contributed by atoms with Crippen LogP contribution in [0.2, 0.25) is 0 Å². The second-order valence-electron chi connectivity index (χ2n) is 4.00. The summed E-state index contributed by atoms with van der Waals surface area (Å²) in [7, 11) is 1.35. The van der Waals surface area contributed by atoms with Gasteiger partial charge in [-0.05, 0) is 19.1 Å². The number of hydrogen-bond acceptors (Lipinski definition) is 4. The molecule has 5 nitrogen and oxygen atoms in total. The molecule has 0 saturated heterocycles. The predicted molar refractivity (Wildman–Crippen MR) is 66.6 cm³/mol. The summed E-state index contributed by atoms with van der Waals surface area (Å²) in [6.07, 6.45) is 3.51. The van der Waals surface area contributed by atoms with Crippen LogP contribution < -0.4 is 0 Å². The number of pyridine rings is 2. The Morgan fingerprint density at radius 2 is 2.22 bits per heavy atom. The molecule has 3 rings (SSSR count). The maximum Gasteiger partial charge on any atom is 0.357 e. The second-order valence-corrected chi connectivity index (χ2v) is 4.00. The van der Waals surface area contributed by atoms with Crippen LogP contribution >= 0.6 is 0 Å². The molecule has 3 aromatic heterocycles. The number of aromatic nitrogens is 3. The van der Waals surface area contributed by atoms with Gasteiger partial charge in [-0.1, -0.05) is 6.07 Å². The average Bonchev–Trinajstić information content (AvgIpc) is 2.77. The molecule has 5 heteroatoms. The zero-order valence-electron chi connectivity index (χ0n) is 10.0. The molecule has 0 unspecified atom stereocenters. The number of carbonyl (C=O) groups excluding carboxylic acids is 1. The van der Waals surface area contributed by atoms with Crippen molar-refractivity contribution in [3.05, 3.63) is 41.9 Å². The smallest absolute Gasteiger partial charge is 0.357 e. The van der Waals surface area contributed by atoms with Gasteiger partial charge in [-0.3, -0.25) is 4.40 Å². The molecule has 0 aliphatic rings. The molecule has 0 spiro atoms. The van der Waals surface area contributed by atoms with Crippen LogP contribution in [-0.2, 0) is 4.74 Å². The minimum Gasteiger partial charge on any atom is -0.464 e. The van der Waals surface area contributed by atoms with E-state index in [-0.39, 0.29) is 0 Å². The van der Waals surface area contributed by atoms with Gasteiger partial charge in [0, 0.05) is 11.8 Å². The number of aryl methyl sites for hydroxylation is 1. The summed E-state index contributed by atoms with van der Waals surface area (Å²) in [5, 5.41) is 0. The normalized spacial score (nSPS) is 11.0. The summed E-state index contributed by atoms with van der Waals surface area (Å²) < 4.78 is 6.67. The first-order chi connectivity index (χ1) is 8.72. The van der Waals surface area contributed by atoms with E-state index in [4.69, 9.17) is 4.74 Å². The maximum atomic E-state index is 11.6. The summed E-state index contributed by atoms with van der Waals surface area (Å²) in [5.41, 5.74) is 3.60. The van der Waals surface area contributed by atoms with Crippen molar-refractivity contribution < 1.29 is 9.53 Å². The van der Waals surface area contributed by atoms with Gasteiger partial charge in [0.05, 0.1) is 18.8 Å². The number of esters is 1. The van der Waals surface area contributed by atoms with Crippen LogP contribution in [0, 0.1) is 6.92 Å². The highest BCUT2D eigenvalue weighted by molar-refractivity contribution is 5.95. The van der Waals surface area contributed by atoms with E-state index in [1.54, 1.807) is 6.20 Å². The predicted octanol–water partition coefficient (Wildman–Crippen LogP) is 1.98. The molecule has 18 heavy (non-hydrogen) atoms. The number of ether oxygens (including phenoxy) is 1. The number of rotatable bonds is 1. The average molecular weight is 241 g/mol. The van der Waals surface area contributed by atoms with Crippen LogP contribution in [-0.4, -0.2) is 27.4 Å². The van der Waals surface area contributed by atoms with E-state index in [9.17, 15) is 4.79 Å².